The molecule has 0 aromatic heterocycles. The number of anilines is 1. The lowest BCUT2D eigenvalue weighted by Gasteiger charge is -2.14. The summed E-state index contributed by atoms with van der Waals surface area (Å²) in [7, 11) is 1.61. The van der Waals surface area contributed by atoms with Gasteiger partial charge in [0.1, 0.15) is 10.7 Å². The average molecular weight is 485 g/mol. The van der Waals surface area contributed by atoms with Crippen molar-refractivity contribution in [2.45, 2.75) is 25.7 Å². The van der Waals surface area contributed by atoms with E-state index in [1.54, 1.807) is 24.1 Å². The summed E-state index contributed by atoms with van der Waals surface area (Å²) < 4.78 is 5.16. The van der Waals surface area contributed by atoms with Crippen LogP contribution in [0.1, 0.15) is 41.6 Å². The zero-order valence-corrected chi connectivity index (χ0v) is 19.7. The normalized spacial score (nSPS) is 14.6. The lowest BCUT2D eigenvalue weighted by Crippen LogP contribution is -2.28. The van der Waals surface area contributed by atoms with Gasteiger partial charge in [-0.15, -0.1) is 0 Å². The quantitative estimate of drug-likeness (QED) is 0.264. The van der Waals surface area contributed by atoms with Gasteiger partial charge in [0.25, 0.3) is 5.24 Å². The summed E-state index contributed by atoms with van der Waals surface area (Å²) in [5.41, 5.74) is 1.67. The Morgan fingerprint density at radius 1 is 1.09 bits per heavy atom. The Hall–Kier alpha value is -3.17. The van der Waals surface area contributed by atoms with Crippen molar-refractivity contribution in [1.82, 2.24) is 4.90 Å². The van der Waals surface area contributed by atoms with E-state index < -0.39 is 5.97 Å². The monoisotopic (exact) mass is 484 g/mol. The molecule has 0 radical (unpaired) electrons. The minimum Gasteiger partial charge on any atom is -0.497 e. The van der Waals surface area contributed by atoms with E-state index in [9.17, 15) is 14.4 Å². The van der Waals surface area contributed by atoms with Gasteiger partial charge in [0.05, 0.1) is 17.6 Å². The lowest BCUT2D eigenvalue weighted by atomic mass is 10.1. The van der Waals surface area contributed by atoms with Crippen LogP contribution in [0.15, 0.2) is 53.4 Å². The Morgan fingerprint density at radius 3 is 2.42 bits per heavy atom. The highest BCUT2D eigenvalue weighted by atomic mass is 32.2. The molecule has 0 atom stereocenters. The fourth-order valence-corrected chi connectivity index (χ4v) is 4.49. The fraction of sp³-hybridized carbons (Fsp3) is 0.250. The number of hydrogen-bond donors (Lipinski definition) is 2. The maximum atomic E-state index is 12.4. The first-order chi connectivity index (χ1) is 15.9. The zero-order chi connectivity index (χ0) is 23.8. The highest BCUT2D eigenvalue weighted by Gasteiger charge is 2.31. The Balaban J connectivity index is 1.40. The van der Waals surface area contributed by atoms with Crippen LogP contribution in [-0.2, 0) is 4.79 Å². The first-order valence-corrected chi connectivity index (χ1v) is 11.6. The molecule has 1 saturated heterocycles. The SMILES string of the molecule is COc1ccc(C=C2SC(=O)N(CCCCCC(=O)Nc3ccc(C(=O)O)cc3)C2=S)cc1. The Labute approximate surface area is 201 Å². The third-order valence-corrected chi connectivity index (χ3v) is 6.48. The van der Waals surface area contributed by atoms with Gasteiger partial charge in [0, 0.05) is 18.7 Å². The topological polar surface area (TPSA) is 95.9 Å². The molecule has 7 nitrogen and oxygen atoms in total. The average Bonchev–Trinajstić information content (AvgIpc) is 3.07. The summed E-state index contributed by atoms with van der Waals surface area (Å²) in [5.74, 6) is -0.377. The Kier molecular flexibility index (Phi) is 8.62. The number of ether oxygens (including phenoxy) is 1. The standard InChI is InChI=1S/C24H24N2O5S2/c1-31-19-12-6-16(7-13-19)15-20-22(32)26(24(30)33-20)14-4-2-3-5-21(27)25-18-10-8-17(9-11-18)23(28)29/h6-13,15H,2-5,14H2,1H3,(H,25,27)(H,28,29). The lowest BCUT2D eigenvalue weighted by molar-refractivity contribution is -0.116. The van der Waals surface area contributed by atoms with Gasteiger partial charge in [-0.3, -0.25) is 14.5 Å². The van der Waals surface area contributed by atoms with Crippen LogP contribution in [0.2, 0.25) is 0 Å². The molecule has 0 saturated carbocycles. The van der Waals surface area contributed by atoms with Gasteiger partial charge < -0.3 is 15.2 Å². The molecule has 2 amide bonds. The van der Waals surface area contributed by atoms with Gasteiger partial charge >= 0.3 is 5.97 Å². The molecule has 2 N–H and O–H groups in total. The minimum absolute atomic E-state index is 0.0812. The number of nitrogens with one attached hydrogen (secondary N) is 1. The molecule has 9 heteroatoms. The molecule has 0 spiro atoms. The van der Waals surface area contributed by atoms with Gasteiger partial charge in [-0.1, -0.05) is 30.8 Å². The number of nitrogens with zero attached hydrogens (tertiary/aromatic N) is 1. The number of unbranched alkanes of at least 4 members (excludes halogenated alkanes) is 2. The molecule has 3 rings (SSSR count). The van der Waals surface area contributed by atoms with Crippen LogP contribution in [0.4, 0.5) is 10.5 Å². The number of thioether (sulfide) groups is 1. The second-order valence-electron chi connectivity index (χ2n) is 7.35. The molecule has 0 bridgehead atoms. The molecule has 2 aromatic rings. The number of aromatic carboxylic acids is 1. The number of amides is 2. The Morgan fingerprint density at radius 2 is 1.79 bits per heavy atom. The van der Waals surface area contributed by atoms with Crippen LogP contribution in [0, 0.1) is 0 Å². The van der Waals surface area contributed by atoms with Crippen molar-refractivity contribution in [2.24, 2.45) is 0 Å². The van der Waals surface area contributed by atoms with Crippen molar-refractivity contribution >= 4 is 57.8 Å². The molecule has 0 unspecified atom stereocenters. The number of carbonyl (C=O) groups excluding carboxylic acids is 2. The van der Waals surface area contributed by atoms with Crippen LogP contribution < -0.4 is 10.1 Å². The van der Waals surface area contributed by atoms with Crippen molar-refractivity contribution in [2.75, 3.05) is 19.0 Å². The van der Waals surface area contributed by atoms with Crippen molar-refractivity contribution in [1.29, 1.82) is 0 Å². The molecule has 0 aliphatic carbocycles. The van der Waals surface area contributed by atoms with Crippen LogP contribution in [0.5, 0.6) is 5.75 Å². The largest absolute Gasteiger partial charge is 0.497 e. The van der Waals surface area contributed by atoms with E-state index in [0.29, 0.717) is 30.1 Å². The number of rotatable bonds is 10. The molecular formula is C24H24N2O5S2. The number of thiocarbonyl (C=S) groups is 1. The summed E-state index contributed by atoms with van der Waals surface area (Å²) >= 11 is 6.63. The van der Waals surface area contributed by atoms with Crippen LogP contribution in [0.3, 0.4) is 0 Å². The summed E-state index contributed by atoms with van der Waals surface area (Å²) in [6.45, 7) is 0.517. The van der Waals surface area contributed by atoms with Gasteiger partial charge in [-0.2, -0.15) is 0 Å². The minimum atomic E-state index is -1.01. The van der Waals surface area contributed by atoms with Crippen molar-refractivity contribution < 1.29 is 24.2 Å². The van der Waals surface area contributed by atoms with E-state index in [4.69, 9.17) is 22.1 Å². The number of carbonyl (C=O) groups is 3. The number of hydrogen-bond acceptors (Lipinski definition) is 6. The number of benzene rings is 2. The molecular weight excluding hydrogens is 460 g/mol. The number of carboxylic acids is 1. The molecule has 1 aliphatic rings. The molecule has 1 aliphatic heterocycles. The third kappa shape index (κ3) is 6.90. The Bertz CT molecular complexity index is 1070. The molecule has 1 heterocycles. The van der Waals surface area contributed by atoms with E-state index in [0.717, 1.165) is 40.8 Å². The molecule has 172 valence electrons. The van der Waals surface area contributed by atoms with Gasteiger partial charge in [-0.05, 0) is 72.6 Å². The fourth-order valence-electron chi connectivity index (χ4n) is 3.20. The first-order valence-electron chi connectivity index (χ1n) is 10.4. The molecule has 33 heavy (non-hydrogen) atoms. The number of carboxylic acid groups (broad SMARTS) is 1. The highest BCUT2D eigenvalue weighted by Crippen LogP contribution is 2.33. The smallest absolute Gasteiger partial charge is 0.335 e. The second kappa shape index (κ2) is 11.6. The van der Waals surface area contributed by atoms with Gasteiger partial charge in [-0.25, -0.2) is 4.79 Å². The summed E-state index contributed by atoms with van der Waals surface area (Å²) in [6, 6.07) is 13.6. The maximum absolute atomic E-state index is 12.4. The third-order valence-electron chi connectivity index (χ3n) is 4.99. The van der Waals surface area contributed by atoms with Crippen molar-refractivity contribution in [3.05, 3.63) is 64.6 Å². The zero-order valence-electron chi connectivity index (χ0n) is 18.1. The number of methoxy groups -OCH3 is 1. The van der Waals surface area contributed by atoms with Gasteiger partial charge in [0.15, 0.2) is 0 Å². The van der Waals surface area contributed by atoms with Crippen LogP contribution >= 0.6 is 24.0 Å². The highest BCUT2D eigenvalue weighted by molar-refractivity contribution is 8.19. The van der Waals surface area contributed by atoms with E-state index in [-0.39, 0.29) is 16.7 Å². The van der Waals surface area contributed by atoms with E-state index in [2.05, 4.69) is 5.32 Å². The van der Waals surface area contributed by atoms with E-state index >= 15 is 0 Å². The molecule has 1 fully saturated rings. The summed E-state index contributed by atoms with van der Waals surface area (Å²) in [6.07, 6.45) is 4.44. The summed E-state index contributed by atoms with van der Waals surface area (Å²) in [4.78, 5) is 38.2. The van der Waals surface area contributed by atoms with Crippen LogP contribution in [-0.4, -0.2) is 45.8 Å². The first kappa shape index (κ1) is 24.5. The van der Waals surface area contributed by atoms with E-state index in [1.807, 2.05) is 30.3 Å². The molecule has 2 aromatic carbocycles. The summed E-state index contributed by atoms with van der Waals surface area (Å²) in [5, 5.41) is 11.6. The second-order valence-corrected chi connectivity index (χ2v) is 8.73. The predicted octanol–water partition coefficient (Wildman–Crippen LogP) is 5.43. The van der Waals surface area contributed by atoms with E-state index in [1.165, 1.54) is 12.1 Å². The van der Waals surface area contributed by atoms with Crippen LogP contribution in [0.25, 0.3) is 6.08 Å². The van der Waals surface area contributed by atoms with Crippen molar-refractivity contribution in [3.63, 3.8) is 0 Å². The maximum Gasteiger partial charge on any atom is 0.335 e. The van der Waals surface area contributed by atoms with Gasteiger partial charge in [0.2, 0.25) is 5.91 Å². The predicted molar refractivity (Wildman–Crippen MR) is 134 cm³/mol. The van der Waals surface area contributed by atoms with Crippen molar-refractivity contribution in [3.8, 4) is 5.75 Å².